The summed E-state index contributed by atoms with van der Waals surface area (Å²) in [5, 5.41) is 14.6. The molecule has 2 atom stereocenters. The van der Waals surface area contributed by atoms with Gasteiger partial charge >= 0.3 is 12.2 Å². The van der Waals surface area contributed by atoms with Gasteiger partial charge in [0.2, 0.25) is 0 Å². The molecule has 0 unspecified atom stereocenters. The van der Waals surface area contributed by atoms with Crippen molar-refractivity contribution in [1.29, 1.82) is 0 Å². The first kappa shape index (κ1) is 34.4. The first-order valence-electron chi connectivity index (χ1n) is 16.8. The lowest BCUT2D eigenvalue weighted by atomic mass is 9.98. The normalized spacial score (nSPS) is 13.8. The summed E-state index contributed by atoms with van der Waals surface area (Å²) in [5.41, 5.74) is 9.54. The van der Waals surface area contributed by atoms with Gasteiger partial charge in [-0.05, 0) is 57.3 Å². The van der Waals surface area contributed by atoms with Gasteiger partial charge in [-0.2, -0.15) is 0 Å². The lowest BCUT2D eigenvalue weighted by Gasteiger charge is -2.18. The van der Waals surface area contributed by atoms with Crippen LogP contribution in [0.5, 0.6) is 0 Å². The van der Waals surface area contributed by atoms with Crippen LogP contribution < -0.4 is 10.6 Å². The molecule has 48 heavy (non-hydrogen) atoms. The predicted octanol–water partition coefficient (Wildman–Crippen LogP) is 7.58. The highest BCUT2D eigenvalue weighted by Gasteiger charge is 2.30. The second kappa shape index (κ2) is 16.7. The van der Waals surface area contributed by atoms with Crippen molar-refractivity contribution in [1.82, 2.24) is 10.6 Å². The second-order valence-electron chi connectivity index (χ2n) is 12.1. The molecule has 2 aliphatic rings. The average molecular weight is 649 g/mol. The summed E-state index contributed by atoms with van der Waals surface area (Å²) in [5.74, 6) is 0.0888. The van der Waals surface area contributed by atoms with Gasteiger partial charge in [0.25, 0.3) is 0 Å². The van der Waals surface area contributed by atoms with Crippen LogP contribution in [0.4, 0.5) is 9.59 Å². The zero-order valence-electron chi connectivity index (χ0n) is 27.6. The summed E-state index contributed by atoms with van der Waals surface area (Å²) in [6.45, 7) is 4.47. The second-order valence-corrected chi connectivity index (χ2v) is 12.1. The number of aliphatic hydroxyl groups is 1. The molecular formula is C40H44N2O6. The number of amides is 2. The van der Waals surface area contributed by atoms with E-state index in [0.29, 0.717) is 13.0 Å². The molecule has 0 bridgehead atoms. The maximum Gasteiger partial charge on any atom is 0.407 e. The Morgan fingerprint density at radius 3 is 1.38 bits per heavy atom. The molecule has 8 nitrogen and oxygen atoms in total. The van der Waals surface area contributed by atoms with Gasteiger partial charge in [-0.3, -0.25) is 0 Å². The van der Waals surface area contributed by atoms with Crippen molar-refractivity contribution in [3.05, 3.63) is 119 Å². The van der Waals surface area contributed by atoms with E-state index in [0.717, 1.165) is 25.5 Å². The number of fused-ring (bicyclic) bond motifs is 6. The molecule has 0 radical (unpaired) electrons. The van der Waals surface area contributed by atoms with Gasteiger partial charge in [0.05, 0.1) is 18.7 Å². The molecule has 4 aromatic rings. The van der Waals surface area contributed by atoms with Crippen molar-refractivity contribution in [2.75, 3.05) is 19.8 Å². The smallest absolute Gasteiger partial charge is 0.407 e. The molecule has 8 heteroatoms. The number of hydrogen-bond acceptors (Lipinski definition) is 6. The van der Waals surface area contributed by atoms with Crippen molar-refractivity contribution < 1.29 is 29.0 Å². The zero-order valence-corrected chi connectivity index (χ0v) is 27.6. The molecule has 3 N–H and O–H groups in total. The number of benzene rings is 4. The minimum Gasteiger partial charge on any atom is -0.449 e. The number of carbonyl (C=O) groups is 3. The van der Waals surface area contributed by atoms with E-state index < -0.39 is 18.2 Å². The molecule has 4 aromatic carbocycles. The van der Waals surface area contributed by atoms with E-state index >= 15 is 0 Å². The third-order valence-electron chi connectivity index (χ3n) is 8.93. The van der Waals surface area contributed by atoms with Crippen LogP contribution in [0.2, 0.25) is 0 Å². The third kappa shape index (κ3) is 7.94. The Morgan fingerprint density at radius 1 is 0.646 bits per heavy atom. The Kier molecular flexibility index (Phi) is 12.0. The van der Waals surface area contributed by atoms with Gasteiger partial charge in [0, 0.05) is 11.8 Å². The molecule has 0 heterocycles. The SMILES string of the molecule is CCC[C@@H](C=O)NC(=O)OCC1c2ccccc2-c2ccccc21.CCC[C@@H](CO)NC(=O)OCC1c2ccccc2-c2ccccc21. The Labute approximate surface area is 282 Å². The molecule has 0 aromatic heterocycles. The van der Waals surface area contributed by atoms with E-state index in [1.54, 1.807) is 0 Å². The first-order chi connectivity index (χ1) is 23.5. The fraction of sp³-hybridized carbons (Fsp3) is 0.325. The summed E-state index contributed by atoms with van der Waals surface area (Å²) in [6, 6.07) is 32.1. The largest absolute Gasteiger partial charge is 0.449 e. The van der Waals surface area contributed by atoms with E-state index in [-0.39, 0.29) is 31.1 Å². The highest BCUT2D eigenvalue weighted by atomic mass is 16.6. The maximum absolute atomic E-state index is 12.0. The van der Waals surface area contributed by atoms with Crippen LogP contribution in [0, 0.1) is 0 Å². The number of aliphatic hydroxyl groups excluding tert-OH is 1. The van der Waals surface area contributed by atoms with Crippen molar-refractivity contribution >= 4 is 18.5 Å². The molecule has 0 aliphatic heterocycles. The minimum absolute atomic E-state index is 0.0315. The highest BCUT2D eigenvalue weighted by Crippen LogP contribution is 2.45. The van der Waals surface area contributed by atoms with Crippen LogP contribution in [0.25, 0.3) is 22.3 Å². The van der Waals surface area contributed by atoms with Gasteiger partial charge in [0.1, 0.15) is 19.5 Å². The van der Waals surface area contributed by atoms with Gasteiger partial charge < -0.3 is 30.0 Å². The number of carbonyl (C=O) groups excluding carboxylic acids is 3. The molecule has 250 valence electrons. The average Bonchev–Trinajstić information content (AvgIpc) is 3.62. The van der Waals surface area contributed by atoms with Gasteiger partial charge in [-0.25, -0.2) is 9.59 Å². The molecule has 2 aliphatic carbocycles. The van der Waals surface area contributed by atoms with Crippen LogP contribution in [0.3, 0.4) is 0 Å². The summed E-state index contributed by atoms with van der Waals surface area (Å²) in [7, 11) is 0. The number of hydrogen-bond donors (Lipinski definition) is 3. The number of nitrogens with one attached hydrogen (secondary N) is 2. The molecule has 0 saturated carbocycles. The van der Waals surface area contributed by atoms with Crippen molar-refractivity contribution in [3.63, 3.8) is 0 Å². The topological polar surface area (TPSA) is 114 Å². The summed E-state index contributed by atoms with van der Waals surface area (Å²) in [6.07, 6.45) is 2.83. The fourth-order valence-electron chi connectivity index (χ4n) is 6.64. The third-order valence-corrected chi connectivity index (χ3v) is 8.93. The molecule has 0 saturated heterocycles. The predicted molar refractivity (Wildman–Crippen MR) is 187 cm³/mol. The molecule has 0 fully saturated rings. The van der Waals surface area contributed by atoms with Crippen LogP contribution >= 0.6 is 0 Å². The van der Waals surface area contributed by atoms with Crippen LogP contribution in [-0.4, -0.2) is 55.5 Å². The van der Waals surface area contributed by atoms with Crippen LogP contribution in [0.1, 0.15) is 73.6 Å². The molecule has 6 rings (SSSR count). The summed E-state index contributed by atoms with van der Waals surface area (Å²) < 4.78 is 10.9. The van der Waals surface area contributed by atoms with Crippen molar-refractivity contribution in [2.45, 2.75) is 63.5 Å². The van der Waals surface area contributed by atoms with E-state index in [2.05, 4.69) is 59.2 Å². The lowest BCUT2D eigenvalue weighted by Crippen LogP contribution is -2.38. The van der Waals surface area contributed by atoms with Crippen LogP contribution in [0.15, 0.2) is 97.1 Å². The number of aldehydes is 1. The summed E-state index contributed by atoms with van der Waals surface area (Å²) >= 11 is 0. The van der Waals surface area contributed by atoms with Crippen molar-refractivity contribution in [2.24, 2.45) is 0 Å². The number of alkyl carbamates (subject to hydrolysis) is 2. The highest BCUT2D eigenvalue weighted by molar-refractivity contribution is 5.80. The number of rotatable bonds is 12. The maximum atomic E-state index is 12.0. The number of ether oxygens (including phenoxy) is 2. The first-order valence-corrected chi connectivity index (χ1v) is 16.8. The Balaban J connectivity index is 0.000000188. The van der Waals surface area contributed by atoms with E-state index in [9.17, 15) is 19.5 Å². The Morgan fingerprint density at radius 2 is 1.02 bits per heavy atom. The standard InChI is InChI=1S/C20H23NO3.C20H21NO3/c2*1-2-7-14(12-22)21-20(23)24-13-19-17-10-5-3-8-15(17)16-9-4-6-11-18(16)19/h3-6,8-11,14,19,22H,2,7,12-13H2,1H3,(H,21,23);3-6,8-12,14,19H,2,7,13H2,1H3,(H,21,23)/t2*14-/m00/s1. The molecule has 0 spiro atoms. The zero-order chi connectivity index (χ0) is 33.9. The van der Waals surface area contributed by atoms with Crippen LogP contribution in [-0.2, 0) is 14.3 Å². The molecular weight excluding hydrogens is 604 g/mol. The quantitative estimate of drug-likeness (QED) is 0.137. The fourth-order valence-corrected chi connectivity index (χ4v) is 6.64. The van der Waals surface area contributed by atoms with Gasteiger partial charge in [-0.15, -0.1) is 0 Å². The molecule has 2 amide bonds. The van der Waals surface area contributed by atoms with Gasteiger partial charge in [-0.1, -0.05) is 124 Å². The Bertz CT molecular complexity index is 1610. The van der Waals surface area contributed by atoms with Gasteiger partial charge in [0.15, 0.2) is 0 Å². The van der Waals surface area contributed by atoms with Crippen molar-refractivity contribution in [3.8, 4) is 22.3 Å². The summed E-state index contributed by atoms with van der Waals surface area (Å²) in [4.78, 5) is 34.9. The van der Waals surface area contributed by atoms with E-state index in [1.807, 2.05) is 62.4 Å². The Hall–Kier alpha value is -4.95. The lowest BCUT2D eigenvalue weighted by molar-refractivity contribution is -0.109. The monoisotopic (exact) mass is 648 g/mol. The minimum atomic E-state index is -0.539. The van der Waals surface area contributed by atoms with E-state index in [1.165, 1.54) is 44.5 Å². The van der Waals surface area contributed by atoms with E-state index in [4.69, 9.17) is 9.47 Å².